The average Bonchev–Trinajstić information content (AvgIpc) is 2.29. The third kappa shape index (κ3) is 2.89. The summed E-state index contributed by atoms with van der Waals surface area (Å²) in [5, 5.41) is 0. The lowest BCUT2D eigenvalue weighted by Gasteiger charge is -2.11. The van der Waals surface area contributed by atoms with Crippen molar-refractivity contribution in [2.24, 2.45) is 0 Å². The summed E-state index contributed by atoms with van der Waals surface area (Å²) in [6.45, 7) is 3.37. The topological polar surface area (TPSA) is 48.4 Å². The Bertz CT molecular complexity index is 421. The van der Waals surface area contributed by atoms with E-state index in [-0.39, 0.29) is 18.1 Å². The minimum atomic E-state index is -2.77. The van der Waals surface area contributed by atoms with Gasteiger partial charge in [0.2, 0.25) is 5.88 Å². The number of carbonyl (C=O) groups is 1. The van der Waals surface area contributed by atoms with E-state index in [1.165, 1.54) is 7.11 Å². The van der Waals surface area contributed by atoms with Crippen molar-refractivity contribution in [1.29, 1.82) is 0 Å². The van der Waals surface area contributed by atoms with Gasteiger partial charge in [0, 0.05) is 5.56 Å². The van der Waals surface area contributed by atoms with Crippen molar-refractivity contribution in [3.63, 3.8) is 0 Å². The molecule has 0 fully saturated rings. The molecule has 94 valence electrons. The van der Waals surface area contributed by atoms with Crippen LogP contribution in [0.4, 0.5) is 8.78 Å². The smallest absolute Gasteiger partial charge is 0.338 e. The molecule has 0 atom stereocenters. The summed E-state index contributed by atoms with van der Waals surface area (Å²) in [6, 6.07) is 1.03. The molecule has 1 aromatic rings. The predicted molar refractivity (Wildman–Crippen MR) is 56.4 cm³/mol. The molecule has 0 aliphatic rings. The van der Waals surface area contributed by atoms with Crippen LogP contribution in [-0.2, 0) is 4.74 Å². The van der Waals surface area contributed by atoms with Crippen molar-refractivity contribution < 1.29 is 23.0 Å². The third-order valence-corrected chi connectivity index (χ3v) is 2.16. The zero-order chi connectivity index (χ0) is 13.0. The Morgan fingerprint density at radius 2 is 2.18 bits per heavy atom. The lowest BCUT2D eigenvalue weighted by Crippen LogP contribution is -2.10. The van der Waals surface area contributed by atoms with Crippen LogP contribution in [0.3, 0.4) is 0 Å². The first kappa shape index (κ1) is 13.3. The fourth-order valence-corrected chi connectivity index (χ4v) is 1.34. The first-order chi connectivity index (χ1) is 8.01. The normalized spacial score (nSPS) is 10.5. The zero-order valence-corrected chi connectivity index (χ0v) is 9.79. The molecule has 1 aromatic heterocycles. The molecule has 0 saturated carbocycles. The van der Waals surface area contributed by atoms with Gasteiger partial charge < -0.3 is 9.47 Å². The highest BCUT2D eigenvalue weighted by Crippen LogP contribution is 2.26. The number of ether oxygens (including phenoxy) is 2. The van der Waals surface area contributed by atoms with Crippen LogP contribution in [0.25, 0.3) is 0 Å². The second-order valence-corrected chi connectivity index (χ2v) is 3.25. The number of rotatable bonds is 4. The van der Waals surface area contributed by atoms with Gasteiger partial charge in [-0.3, -0.25) is 0 Å². The lowest BCUT2D eigenvalue weighted by molar-refractivity contribution is 0.0524. The number of aromatic nitrogens is 1. The molecule has 0 aliphatic heterocycles. The Kier molecular flexibility index (Phi) is 4.37. The molecule has 0 aromatic carbocycles. The molecule has 0 N–H and O–H groups in total. The maximum absolute atomic E-state index is 12.6. The molecular weight excluding hydrogens is 232 g/mol. The second kappa shape index (κ2) is 5.56. The SMILES string of the molecule is CCOC(=O)c1cc(C(F)F)nc(OC)c1C. The average molecular weight is 245 g/mol. The minimum absolute atomic E-state index is 0.00542. The van der Waals surface area contributed by atoms with Crippen molar-refractivity contribution in [3.05, 3.63) is 22.9 Å². The van der Waals surface area contributed by atoms with E-state index >= 15 is 0 Å². The maximum atomic E-state index is 12.6. The van der Waals surface area contributed by atoms with E-state index in [4.69, 9.17) is 9.47 Å². The first-order valence-corrected chi connectivity index (χ1v) is 5.02. The summed E-state index contributed by atoms with van der Waals surface area (Å²) in [4.78, 5) is 15.2. The molecular formula is C11H13F2NO3. The number of nitrogens with zero attached hydrogens (tertiary/aromatic N) is 1. The van der Waals surface area contributed by atoms with Crippen LogP contribution in [0.5, 0.6) is 5.88 Å². The van der Waals surface area contributed by atoms with Crippen molar-refractivity contribution in [1.82, 2.24) is 4.98 Å². The van der Waals surface area contributed by atoms with Crippen LogP contribution >= 0.6 is 0 Å². The highest BCUT2D eigenvalue weighted by atomic mass is 19.3. The third-order valence-electron chi connectivity index (χ3n) is 2.16. The number of pyridine rings is 1. The fourth-order valence-electron chi connectivity index (χ4n) is 1.34. The molecule has 1 heterocycles. The van der Waals surface area contributed by atoms with Crippen LogP contribution in [0.15, 0.2) is 6.07 Å². The Morgan fingerprint density at radius 3 is 2.65 bits per heavy atom. The number of alkyl halides is 2. The predicted octanol–water partition coefficient (Wildman–Crippen LogP) is 2.51. The monoisotopic (exact) mass is 245 g/mol. The van der Waals surface area contributed by atoms with Crippen molar-refractivity contribution >= 4 is 5.97 Å². The molecule has 0 spiro atoms. The first-order valence-electron chi connectivity index (χ1n) is 5.02. The summed E-state index contributed by atoms with van der Waals surface area (Å²) in [7, 11) is 1.31. The van der Waals surface area contributed by atoms with Gasteiger partial charge in [-0.1, -0.05) is 0 Å². The van der Waals surface area contributed by atoms with Crippen LogP contribution in [0.1, 0.15) is 35.0 Å². The summed E-state index contributed by atoms with van der Waals surface area (Å²) in [6.07, 6.45) is -2.77. The van der Waals surface area contributed by atoms with E-state index in [2.05, 4.69) is 4.98 Å². The van der Waals surface area contributed by atoms with Crippen molar-refractivity contribution in [3.8, 4) is 5.88 Å². The minimum Gasteiger partial charge on any atom is -0.481 e. The summed E-state index contributed by atoms with van der Waals surface area (Å²) >= 11 is 0. The number of methoxy groups -OCH3 is 1. The highest BCUT2D eigenvalue weighted by molar-refractivity contribution is 5.91. The van der Waals surface area contributed by atoms with Crippen molar-refractivity contribution in [2.75, 3.05) is 13.7 Å². The molecule has 0 aliphatic carbocycles. The van der Waals surface area contributed by atoms with Gasteiger partial charge in [0.1, 0.15) is 5.69 Å². The van der Waals surface area contributed by atoms with E-state index in [0.29, 0.717) is 5.56 Å². The summed E-state index contributed by atoms with van der Waals surface area (Å²) in [5.74, 6) is -0.654. The van der Waals surface area contributed by atoms with E-state index in [1.807, 2.05) is 0 Å². The van der Waals surface area contributed by atoms with Gasteiger partial charge >= 0.3 is 5.97 Å². The van der Waals surface area contributed by atoms with E-state index in [9.17, 15) is 13.6 Å². The van der Waals surface area contributed by atoms with E-state index in [0.717, 1.165) is 6.07 Å². The molecule has 6 heteroatoms. The number of halogens is 2. The summed E-state index contributed by atoms with van der Waals surface area (Å²) < 4.78 is 34.8. The Balaban J connectivity index is 3.27. The molecule has 4 nitrogen and oxygen atoms in total. The Morgan fingerprint density at radius 1 is 1.53 bits per heavy atom. The van der Waals surface area contributed by atoms with Gasteiger partial charge in [-0.05, 0) is 19.9 Å². The standard InChI is InChI=1S/C11H13F2NO3/c1-4-17-11(15)7-5-8(9(12)13)14-10(16-3)6(7)2/h5,9H,4H2,1-3H3. The van der Waals surface area contributed by atoms with Gasteiger partial charge in [0.15, 0.2) is 0 Å². The van der Waals surface area contributed by atoms with Crippen molar-refractivity contribution in [2.45, 2.75) is 20.3 Å². The number of esters is 1. The van der Waals surface area contributed by atoms with Gasteiger partial charge in [0.05, 0.1) is 19.3 Å². The van der Waals surface area contributed by atoms with Crippen LogP contribution in [-0.4, -0.2) is 24.7 Å². The van der Waals surface area contributed by atoms with E-state index < -0.39 is 18.1 Å². The van der Waals surface area contributed by atoms with Gasteiger partial charge in [-0.2, -0.15) is 0 Å². The van der Waals surface area contributed by atoms with Gasteiger partial charge in [0.25, 0.3) is 6.43 Å². The lowest BCUT2D eigenvalue weighted by atomic mass is 10.1. The number of hydrogen-bond acceptors (Lipinski definition) is 4. The molecule has 1 rings (SSSR count). The van der Waals surface area contributed by atoms with E-state index in [1.54, 1.807) is 13.8 Å². The van der Waals surface area contributed by atoms with Crippen LogP contribution < -0.4 is 4.74 Å². The van der Waals surface area contributed by atoms with Gasteiger partial charge in [-0.15, -0.1) is 0 Å². The van der Waals surface area contributed by atoms with Gasteiger partial charge in [-0.25, -0.2) is 18.6 Å². The molecule has 0 amide bonds. The molecule has 17 heavy (non-hydrogen) atoms. The van der Waals surface area contributed by atoms with Crippen LogP contribution in [0.2, 0.25) is 0 Å². The largest absolute Gasteiger partial charge is 0.481 e. The highest BCUT2D eigenvalue weighted by Gasteiger charge is 2.20. The maximum Gasteiger partial charge on any atom is 0.338 e. The number of carbonyl (C=O) groups excluding carboxylic acids is 1. The second-order valence-electron chi connectivity index (χ2n) is 3.25. The Labute approximate surface area is 97.6 Å². The summed E-state index contributed by atoms with van der Waals surface area (Å²) in [5.41, 5.74) is -0.0696. The number of hydrogen-bond donors (Lipinski definition) is 0. The fraction of sp³-hybridized carbons (Fsp3) is 0.455. The molecule has 0 unspecified atom stereocenters. The van der Waals surface area contributed by atoms with Crippen LogP contribution in [0, 0.1) is 6.92 Å². The molecule has 0 saturated heterocycles. The molecule has 0 bridgehead atoms. The zero-order valence-electron chi connectivity index (χ0n) is 9.79. The quantitative estimate of drug-likeness (QED) is 0.765. The molecule has 0 radical (unpaired) electrons. The Hall–Kier alpha value is -1.72.